The van der Waals surface area contributed by atoms with E-state index in [1.165, 1.54) is 0 Å². The van der Waals surface area contributed by atoms with Crippen molar-refractivity contribution in [2.24, 2.45) is 5.41 Å². The average molecular weight is 276 g/mol. The van der Waals surface area contributed by atoms with Crippen LogP contribution in [0.15, 0.2) is 12.3 Å². The summed E-state index contributed by atoms with van der Waals surface area (Å²) < 4.78 is 1.89. The quantitative estimate of drug-likeness (QED) is 0.877. The van der Waals surface area contributed by atoms with Crippen LogP contribution < -0.4 is 5.32 Å². The van der Waals surface area contributed by atoms with E-state index in [4.69, 9.17) is 0 Å². The summed E-state index contributed by atoms with van der Waals surface area (Å²) in [5.41, 5.74) is 3.97. The highest BCUT2D eigenvalue weighted by Gasteiger charge is 2.19. The maximum atomic E-state index is 9.31. The first kappa shape index (κ1) is 14.9. The van der Waals surface area contributed by atoms with Crippen LogP contribution in [0.25, 0.3) is 5.65 Å². The lowest BCUT2D eigenvalue weighted by Gasteiger charge is -2.25. The number of aromatic nitrogens is 3. The minimum Gasteiger partial charge on any atom is -0.396 e. The topological polar surface area (TPSA) is 62.5 Å². The van der Waals surface area contributed by atoms with Gasteiger partial charge in [-0.25, -0.2) is 9.50 Å². The number of hydrogen-bond donors (Lipinski definition) is 2. The molecule has 110 valence electrons. The second-order valence-corrected chi connectivity index (χ2v) is 6.28. The molecule has 0 amide bonds. The predicted molar refractivity (Wildman–Crippen MR) is 79.7 cm³/mol. The summed E-state index contributed by atoms with van der Waals surface area (Å²) in [6.07, 6.45) is 1.91. The molecule has 0 fully saturated rings. The fourth-order valence-electron chi connectivity index (χ4n) is 2.20. The van der Waals surface area contributed by atoms with Crippen LogP contribution in [0.3, 0.4) is 0 Å². The molecule has 2 aromatic heterocycles. The van der Waals surface area contributed by atoms with E-state index in [9.17, 15) is 5.11 Å². The number of rotatable bonds is 5. The second kappa shape index (κ2) is 5.50. The van der Waals surface area contributed by atoms with Crippen molar-refractivity contribution in [3.05, 3.63) is 29.2 Å². The van der Waals surface area contributed by atoms with Gasteiger partial charge in [0.05, 0.1) is 5.69 Å². The Bertz CT molecular complexity index is 603. The van der Waals surface area contributed by atoms with E-state index >= 15 is 0 Å². The molecule has 0 spiro atoms. The first-order chi connectivity index (χ1) is 9.34. The van der Waals surface area contributed by atoms with Gasteiger partial charge in [-0.15, -0.1) is 0 Å². The Hall–Kier alpha value is -1.46. The molecule has 2 rings (SSSR count). The molecule has 5 nitrogen and oxygen atoms in total. The van der Waals surface area contributed by atoms with Gasteiger partial charge in [0.25, 0.3) is 0 Å². The van der Waals surface area contributed by atoms with Crippen LogP contribution in [0.1, 0.15) is 43.8 Å². The van der Waals surface area contributed by atoms with E-state index in [0.29, 0.717) is 0 Å². The number of aliphatic hydroxyl groups is 1. The minimum absolute atomic E-state index is 0.123. The highest BCUT2D eigenvalue weighted by Crippen LogP contribution is 2.20. The summed E-state index contributed by atoms with van der Waals surface area (Å²) in [6, 6.07) is 2.14. The largest absolute Gasteiger partial charge is 0.396 e. The molecule has 20 heavy (non-hydrogen) atoms. The van der Waals surface area contributed by atoms with Crippen LogP contribution in [0.5, 0.6) is 0 Å². The van der Waals surface area contributed by atoms with Gasteiger partial charge in [0.15, 0.2) is 5.65 Å². The maximum absolute atomic E-state index is 9.31. The lowest BCUT2D eigenvalue weighted by molar-refractivity contribution is 0.154. The van der Waals surface area contributed by atoms with Crippen LogP contribution in [0.2, 0.25) is 0 Å². The van der Waals surface area contributed by atoms with Gasteiger partial charge in [-0.05, 0) is 20.8 Å². The van der Waals surface area contributed by atoms with Crippen LogP contribution in [0.4, 0.5) is 0 Å². The van der Waals surface area contributed by atoms with Gasteiger partial charge >= 0.3 is 0 Å². The normalized spacial score (nSPS) is 13.9. The second-order valence-electron chi connectivity index (χ2n) is 6.28. The molecule has 0 saturated carbocycles. The first-order valence-corrected chi connectivity index (χ1v) is 7.00. The molecule has 0 saturated heterocycles. The maximum Gasteiger partial charge on any atom is 0.155 e. The van der Waals surface area contributed by atoms with Gasteiger partial charge in [0.1, 0.15) is 0 Å². The Morgan fingerprint density at radius 1 is 1.40 bits per heavy atom. The molecule has 0 aliphatic heterocycles. The third-order valence-electron chi connectivity index (χ3n) is 3.67. The third-order valence-corrected chi connectivity index (χ3v) is 3.67. The van der Waals surface area contributed by atoms with Gasteiger partial charge in [0.2, 0.25) is 0 Å². The molecule has 5 heteroatoms. The van der Waals surface area contributed by atoms with Gasteiger partial charge in [0, 0.05) is 48.1 Å². The molecule has 2 aromatic rings. The first-order valence-electron chi connectivity index (χ1n) is 7.00. The molecular weight excluding hydrogens is 252 g/mol. The van der Waals surface area contributed by atoms with Crippen molar-refractivity contribution in [1.82, 2.24) is 19.9 Å². The summed E-state index contributed by atoms with van der Waals surface area (Å²) in [7, 11) is 0. The van der Waals surface area contributed by atoms with Crippen LogP contribution >= 0.6 is 0 Å². The molecule has 0 aliphatic rings. The Morgan fingerprint density at radius 2 is 2.10 bits per heavy atom. The number of aryl methyl sites for hydroxylation is 2. The smallest absolute Gasteiger partial charge is 0.155 e. The van der Waals surface area contributed by atoms with Crippen molar-refractivity contribution < 1.29 is 5.11 Å². The monoisotopic (exact) mass is 276 g/mol. The highest BCUT2D eigenvalue weighted by molar-refractivity contribution is 5.42. The molecule has 0 radical (unpaired) electrons. The van der Waals surface area contributed by atoms with Gasteiger partial charge < -0.3 is 10.4 Å². The molecule has 2 heterocycles. The van der Waals surface area contributed by atoms with E-state index < -0.39 is 0 Å². The molecule has 2 N–H and O–H groups in total. The zero-order chi connectivity index (χ0) is 14.9. The number of nitrogens with zero attached hydrogens (tertiary/aromatic N) is 3. The van der Waals surface area contributed by atoms with Crippen molar-refractivity contribution in [2.45, 2.75) is 40.7 Å². The summed E-state index contributed by atoms with van der Waals surface area (Å²) in [5, 5.41) is 17.2. The van der Waals surface area contributed by atoms with E-state index in [1.807, 2.05) is 37.5 Å². The van der Waals surface area contributed by atoms with Crippen molar-refractivity contribution in [3.8, 4) is 0 Å². The summed E-state index contributed by atoms with van der Waals surface area (Å²) in [5.74, 6) is 0. The number of nitrogens with one attached hydrogen (secondary N) is 1. The molecule has 0 bridgehead atoms. The zero-order valence-corrected chi connectivity index (χ0v) is 12.9. The number of fused-ring (bicyclic) bond motifs is 1. The average Bonchev–Trinajstić information content (AvgIpc) is 2.78. The Kier molecular flexibility index (Phi) is 4.11. The predicted octanol–water partition coefficient (Wildman–Crippen LogP) is 2.02. The Morgan fingerprint density at radius 3 is 2.75 bits per heavy atom. The SMILES string of the molecule is Cc1cc2ncc(C(C)NCC(C)(C)CO)c(C)n2n1. The van der Waals surface area contributed by atoms with Gasteiger partial charge in [-0.2, -0.15) is 5.10 Å². The minimum atomic E-state index is -0.123. The third kappa shape index (κ3) is 2.99. The standard InChI is InChI=1S/C15H24N4O/c1-10-6-14-16-7-13(12(3)19(14)18-10)11(2)17-8-15(4,5)9-20/h6-7,11,17,20H,8-9H2,1-5H3. The molecule has 0 aliphatic carbocycles. The Labute approximate surface area is 120 Å². The zero-order valence-electron chi connectivity index (χ0n) is 12.9. The van der Waals surface area contributed by atoms with Gasteiger partial charge in [-0.1, -0.05) is 13.8 Å². The van der Waals surface area contributed by atoms with Crippen LogP contribution in [0, 0.1) is 19.3 Å². The molecule has 1 atom stereocenters. The highest BCUT2D eigenvalue weighted by atomic mass is 16.3. The van der Waals surface area contributed by atoms with Crippen molar-refractivity contribution >= 4 is 5.65 Å². The van der Waals surface area contributed by atoms with Crippen molar-refractivity contribution in [3.63, 3.8) is 0 Å². The van der Waals surface area contributed by atoms with Gasteiger partial charge in [-0.3, -0.25) is 0 Å². The lowest BCUT2D eigenvalue weighted by Crippen LogP contribution is -2.34. The van der Waals surface area contributed by atoms with Crippen molar-refractivity contribution in [2.75, 3.05) is 13.2 Å². The summed E-state index contributed by atoms with van der Waals surface area (Å²) in [6.45, 7) is 11.1. The summed E-state index contributed by atoms with van der Waals surface area (Å²) in [4.78, 5) is 4.46. The summed E-state index contributed by atoms with van der Waals surface area (Å²) >= 11 is 0. The lowest BCUT2D eigenvalue weighted by atomic mass is 9.94. The number of aliphatic hydroxyl groups excluding tert-OH is 1. The molecule has 1 unspecified atom stereocenters. The molecule has 0 aromatic carbocycles. The van der Waals surface area contributed by atoms with E-state index in [-0.39, 0.29) is 18.1 Å². The molecular formula is C15H24N4O. The Balaban J connectivity index is 2.22. The fraction of sp³-hybridized carbons (Fsp3) is 0.600. The van der Waals surface area contributed by atoms with E-state index in [1.54, 1.807) is 0 Å². The van der Waals surface area contributed by atoms with E-state index in [2.05, 4.69) is 29.2 Å². The number of hydrogen-bond acceptors (Lipinski definition) is 4. The van der Waals surface area contributed by atoms with Crippen molar-refractivity contribution in [1.29, 1.82) is 0 Å². The van der Waals surface area contributed by atoms with E-state index in [0.717, 1.165) is 29.1 Å². The van der Waals surface area contributed by atoms with Crippen LogP contribution in [-0.4, -0.2) is 32.9 Å². The van der Waals surface area contributed by atoms with Crippen LogP contribution in [-0.2, 0) is 0 Å². The fourth-order valence-corrected chi connectivity index (χ4v) is 2.20.